The van der Waals surface area contributed by atoms with E-state index in [1.54, 1.807) is 62.8 Å². The highest BCUT2D eigenvalue weighted by Crippen LogP contribution is 2.37. The lowest BCUT2D eigenvalue weighted by Crippen LogP contribution is -2.45. The molecule has 186 valence electrons. The minimum Gasteiger partial charge on any atom is -0.497 e. The van der Waals surface area contributed by atoms with Crippen LogP contribution in [0.15, 0.2) is 54.6 Å². The third kappa shape index (κ3) is 4.00. The molecule has 0 spiro atoms. The van der Waals surface area contributed by atoms with Gasteiger partial charge in [-0.15, -0.1) is 0 Å². The van der Waals surface area contributed by atoms with Gasteiger partial charge in [0.25, 0.3) is 5.91 Å². The number of hydrogen-bond acceptors (Lipinski definition) is 5. The van der Waals surface area contributed by atoms with E-state index in [2.05, 4.69) is 5.32 Å². The maximum atomic E-state index is 14.0. The first-order valence-corrected chi connectivity index (χ1v) is 11.7. The van der Waals surface area contributed by atoms with Crippen molar-refractivity contribution in [2.75, 3.05) is 20.8 Å². The van der Waals surface area contributed by atoms with Crippen LogP contribution in [0.1, 0.15) is 43.7 Å². The molecule has 0 aliphatic carbocycles. The van der Waals surface area contributed by atoms with E-state index in [-0.39, 0.29) is 12.3 Å². The van der Waals surface area contributed by atoms with Gasteiger partial charge in [-0.2, -0.15) is 0 Å². The van der Waals surface area contributed by atoms with Gasteiger partial charge in [0.15, 0.2) is 11.3 Å². The van der Waals surface area contributed by atoms with Crippen LogP contribution in [-0.4, -0.2) is 43.4 Å². The molecule has 1 saturated heterocycles. The lowest BCUT2D eigenvalue weighted by molar-refractivity contribution is -0.129. The number of ketones is 1. The van der Waals surface area contributed by atoms with Crippen molar-refractivity contribution < 1.29 is 23.9 Å². The summed E-state index contributed by atoms with van der Waals surface area (Å²) in [5.41, 5.74) is 4.13. The van der Waals surface area contributed by atoms with Crippen molar-refractivity contribution in [3.8, 4) is 11.5 Å². The number of imide groups is 1. The van der Waals surface area contributed by atoms with Crippen LogP contribution in [-0.2, 0) is 10.3 Å². The van der Waals surface area contributed by atoms with Gasteiger partial charge in [0.1, 0.15) is 11.5 Å². The Morgan fingerprint density at radius 2 is 1.31 bits per heavy atom. The van der Waals surface area contributed by atoms with Gasteiger partial charge in [-0.3, -0.25) is 14.5 Å². The Bertz CT molecular complexity index is 1300. The zero-order valence-electron chi connectivity index (χ0n) is 21.4. The number of carbonyl (C=O) groups excluding carboxylic acids is 3. The number of rotatable bonds is 7. The number of nitrogens with zero attached hydrogens (tertiary/aromatic N) is 1. The third-order valence-electron chi connectivity index (χ3n) is 7.24. The predicted octanol–water partition coefficient (Wildman–Crippen LogP) is 4.62. The van der Waals surface area contributed by atoms with Crippen LogP contribution in [0.4, 0.5) is 4.79 Å². The number of aryl methyl sites for hydroxylation is 1. The highest BCUT2D eigenvalue weighted by Gasteiger charge is 2.54. The van der Waals surface area contributed by atoms with Crippen molar-refractivity contribution in [1.82, 2.24) is 10.2 Å². The Hall–Kier alpha value is -4.13. The number of nitrogens with one attached hydrogen (secondary N) is 1. The van der Waals surface area contributed by atoms with Crippen LogP contribution in [0.3, 0.4) is 0 Å². The maximum absolute atomic E-state index is 14.0. The first kappa shape index (κ1) is 25.0. The van der Waals surface area contributed by atoms with Gasteiger partial charge in [-0.05, 0) is 91.4 Å². The van der Waals surface area contributed by atoms with E-state index in [1.165, 1.54) is 0 Å². The van der Waals surface area contributed by atoms with Gasteiger partial charge in [0.2, 0.25) is 0 Å². The first-order chi connectivity index (χ1) is 17.1. The molecule has 3 aromatic carbocycles. The zero-order chi connectivity index (χ0) is 26.2. The number of benzene rings is 3. The number of hydrogen-bond donors (Lipinski definition) is 1. The normalized spacial score (nSPS) is 14.6. The van der Waals surface area contributed by atoms with Gasteiger partial charge < -0.3 is 14.8 Å². The lowest BCUT2D eigenvalue weighted by atomic mass is 9.82. The largest absolute Gasteiger partial charge is 0.497 e. The average molecular weight is 487 g/mol. The summed E-state index contributed by atoms with van der Waals surface area (Å²) in [6, 6.07) is 15.1. The fourth-order valence-electron chi connectivity index (χ4n) is 4.69. The number of urea groups is 1. The second-order valence-electron chi connectivity index (χ2n) is 9.07. The van der Waals surface area contributed by atoms with E-state index in [0.717, 1.165) is 27.2 Å². The van der Waals surface area contributed by atoms with Gasteiger partial charge in [-0.25, -0.2) is 4.79 Å². The minimum absolute atomic E-state index is 0.289. The molecule has 4 rings (SSSR count). The van der Waals surface area contributed by atoms with Gasteiger partial charge >= 0.3 is 6.03 Å². The molecular weight excluding hydrogens is 456 g/mol. The Balaban J connectivity index is 1.76. The number of carbonyl (C=O) groups is 3. The summed E-state index contributed by atoms with van der Waals surface area (Å²) in [6.45, 7) is 7.47. The standard InChI is InChI=1S/C29H30N2O5/c1-17-15-25(20(4)19(3)18(17)2)26(32)16-31-27(33)29(30-28(31)34,21-7-11-23(35-5)12-8-21)22-9-13-24(36-6)14-10-22/h7-15H,16H2,1-6H3,(H,30,34). The minimum atomic E-state index is -1.50. The SMILES string of the molecule is COc1ccc(C2(c3ccc(OC)cc3)NC(=O)N(CC(=O)c3cc(C)c(C)c(C)c3C)C2=O)cc1. The molecule has 3 aromatic rings. The van der Waals surface area contributed by atoms with Gasteiger partial charge in [0, 0.05) is 5.56 Å². The molecule has 1 aliphatic rings. The van der Waals surface area contributed by atoms with E-state index in [0.29, 0.717) is 28.2 Å². The zero-order valence-corrected chi connectivity index (χ0v) is 21.4. The van der Waals surface area contributed by atoms with Crippen molar-refractivity contribution in [2.24, 2.45) is 0 Å². The summed E-state index contributed by atoms with van der Waals surface area (Å²) in [5, 5.41) is 2.88. The molecule has 0 saturated carbocycles. The topological polar surface area (TPSA) is 84.9 Å². The van der Waals surface area contributed by atoms with Crippen molar-refractivity contribution in [1.29, 1.82) is 0 Å². The maximum Gasteiger partial charge on any atom is 0.325 e. The van der Waals surface area contributed by atoms with E-state index in [9.17, 15) is 14.4 Å². The van der Waals surface area contributed by atoms with Crippen LogP contribution in [0.5, 0.6) is 11.5 Å². The van der Waals surface area contributed by atoms with Crippen molar-refractivity contribution in [3.05, 3.63) is 93.5 Å². The van der Waals surface area contributed by atoms with Crippen LogP contribution < -0.4 is 14.8 Å². The molecule has 1 fully saturated rings. The molecule has 7 nitrogen and oxygen atoms in total. The smallest absolute Gasteiger partial charge is 0.325 e. The fourth-order valence-corrected chi connectivity index (χ4v) is 4.69. The highest BCUT2D eigenvalue weighted by atomic mass is 16.5. The Morgan fingerprint density at radius 1 is 0.806 bits per heavy atom. The van der Waals surface area contributed by atoms with E-state index >= 15 is 0 Å². The molecule has 0 radical (unpaired) electrons. The highest BCUT2D eigenvalue weighted by molar-refractivity contribution is 6.13. The van der Waals surface area contributed by atoms with Crippen LogP contribution in [0.2, 0.25) is 0 Å². The van der Waals surface area contributed by atoms with Crippen LogP contribution in [0.25, 0.3) is 0 Å². The number of ether oxygens (including phenoxy) is 2. The Kier molecular flexibility index (Phi) is 6.59. The molecule has 0 unspecified atom stereocenters. The molecule has 36 heavy (non-hydrogen) atoms. The molecule has 0 aromatic heterocycles. The van der Waals surface area contributed by atoms with E-state index < -0.39 is 17.5 Å². The van der Waals surface area contributed by atoms with Gasteiger partial charge in [0.05, 0.1) is 20.8 Å². The number of methoxy groups -OCH3 is 2. The molecule has 0 atom stereocenters. The van der Waals surface area contributed by atoms with Crippen LogP contribution in [0, 0.1) is 27.7 Å². The molecule has 3 amide bonds. The molecule has 1 aliphatic heterocycles. The average Bonchev–Trinajstić information content (AvgIpc) is 3.15. The summed E-state index contributed by atoms with van der Waals surface area (Å²) in [6.07, 6.45) is 0. The molecule has 1 N–H and O–H groups in total. The second kappa shape index (κ2) is 9.49. The van der Waals surface area contributed by atoms with Crippen LogP contribution >= 0.6 is 0 Å². The lowest BCUT2D eigenvalue weighted by Gasteiger charge is -2.28. The predicted molar refractivity (Wildman–Crippen MR) is 137 cm³/mol. The van der Waals surface area contributed by atoms with E-state index in [1.807, 2.05) is 33.8 Å². The summed E-state index contributed by atoms with van der Waals surface area (Å²) in [4.78, 5) is 41.6. The van der Waals surface area contributed by atoms with Crippen molar-refractivity contribution in [2.45, 2.75) is 33.2 Å². The third-order valence-corrected chi connectivity index (χ3v) is 7.24. The van der Waals surface area contributed by atoms with Crippen molar-refractivity contribution in [3.63, 3.8) is 0 Å². The summed E-state index contributed by atoms with van der Waals surface area (Å²) in [7, 11) is 3.11. The summed E-state index contributed by atoms with van der Waals surface area (Å²) < 4.78 is 10.5. The quantitative estimate of drug-likeness (QED) is 0.389. The first-order valence-electron chi connectivity index (χ1n) is 11.7. The monoisotopic (exact) mass is 486 g/mol. The number of amides is 3. The Morgan fingerprint density at radius 3 is 1.78 bits per heavy atom. The molecular formula is C29H30N2O5. The molecule has 7 heteroatoms. The number of Topliss-reactive ketones (excluding diaryl/α,β-unsaturated/α-hetero) is 1. The van der Waals surface area contributed by atoms with Crippen molar-refractivity contribution >= 4 is 17.7 Å². The summed E-state index contributed by atoms with van der Waals surface area (Å²) in [5.74, 6) is 0.429. The van der Waals surface area contributed by atoms with E-state index in [4.69, 9.17) is 9.47 Å². The molecule has 1 heterocycles. The fraction of sp³-hybridized carbons (Fsp3) is 0.276. The second-order valence-corrected chi connectivity index (χ2v) is 9.07. The molecule has 0 bridgehead atoms. The van der Waals surface area contributed by atoms with Gasteiger partial charge in [-0.1, -0.05) is 24.3 Å². The Labute approximate surface area is 211 Å². The summed E-state index contributed by atoms with van der Waals surface area (Å²) >= 11 is 0.